The van der Waals surface area contributed by atoms with Crippen LogP contribution in [-0.2, 0) is 41.7 Å². The van der Waals surface area contributed by atoms with E-state index in [-0.39, 0.29) is 12.8 Å². The highest BCUT2D eigenvalue weighted by atomic mass is 16.7. The van der Waals surface area contributed by atoms with Crippen molar-refractivity contribution in [2.75, 3.05) is 39.5 Å². The van der Waals surface area contributed by atoms with Crippen molar-refractivity contribution in [2.45, 2.75) is 23.9 Å². The minimum absolute atomic E-state index is 0.344. The van der Waals surface area contributed by atoms with Gasteiger partial charge in [-0.25, -0.2) is 9.59 Å². The molecule has 14 nitrogen and oxygen atoms in total. The summed E-state index contributed by atoms with van der Waals surface area (Å²) in [7, 11) is 0. The number of nitrogens with zero attached hydrogens (tertiary/aromatic N) is 2. The molecule has 0 amide bonds. The van der Waals surface area contributed by atoms with E-state index in [1.54, 1.807) is 60.7 Å². The Morgan fingerprint density at radius 1 is 0.600 bits per heavy atom. The van der Waals surface area contributed by atoms with Crippen LogP contribution < -0.4 is 0 Å². The summed E-state index contributed by atoms with van der Waals surface area (Å²) in [4.78, 5) is 58.2. The number of carboxylic acids is 4. The maximum Gasteiger partial charge on any atom is 0.331 e. The highest BCUT2D eigenvalue weighted by Crippen LogP contribution is 2.26. The lowest BCUT2D eigenvalue weighted by Gasteiger charge is -2.42. The molecule has 6 N–H and O–H groups in total. The zero-order valence-electron chi connectivity index (χ0n) is 21.5. The average Bonchev–Trinajstić information content (AvgIpc) is 2.93. The molecular formula is C26H32N2O12. The fourth-order valence-corrected chi connectivity index (χ4v) is 4.07. The second-order valence-electron chi connectivity index (χ2n) is 8.85. The molecule has 0 aromatic heterocycles. The number of aliphatic carboxylic acids is 4. The van der Waals surface area contributed by atoms with E-state index < -0.39 is 74.5 Å². The molecule has 2 rings (SSSR count). The molecule has 2 aromatic rings. The Balaban J connectivity index is 2.51. The average molecular weight is 565 g/mol. The topological polar surface area (TPSA) is 215 Å². The Kier molecular flexibility index (Phi) is 12.1. The minimum Gasteiger partial charge on any atom is -0.480 e. The summed E-state index contributed by atoms with van der Waals surface area (Å²) in [5.41, 5.74) is -3.55. The lowest BCUT2D eigenvalue weighted by molar-refractivity contribution is -0.267. The van der Waals surface area contributed by atoms with E-state index >= 15 is 0 Å². The van der Waals surface area contributed by atoms with Gasteiger partial charge in [-0.3, -0.25) is 19.3 Å². The first-order valence-corrected chi connectivity index (χ1v) is 12.0. The molecular weight excluding hydrogens is 532 g/mol. The molecule has 0 aliphatic rings. The summed E-state index contributed by atoms with van der Waals surface area (Å²) >= 11 is 0. The van der Waals surface area contributed by atoms with E-state index in [1.165, 1.54) is 0 Å². The first-order chi connectivity index (χ1) is 19.0. The third-order valence-corrected chi connectivity index (χ3v) is 6.15. The summed E-state index contributed by atoms with van der Waals surface area (Å²) in [6.07, 6.45) is -0.688. The fraction of sp³-hybridized carbons (Fsp3) is 0.385. The van der Waals surface area contributed by atoms with Crippen LogP contribution in [0.1, 0.15) is 11.1 Å². The highest BCUT2D eigenvalue weighted by Gasteiger charge is 2.49. The van der Waals surface area contributed by atoms with Crippen molar-refractivity contribution in [3.8, 4) is 0 Å². The maximum atomic E-state index is 12.5. The molecule has 0 saturated heterocycles. The number of rotatable bonds is 19. The van der Waals surface area contributed by atoms with Gasteiger partial charge in [0.25, 0.3) is 0 Å². The van der Waals surface area contributed by atoms with Gasteiger partial charge in [-0.2, -0.15) is 10.1 Å². The largest absolute Gasteiger partial charge is 0.480 e. The molecule has 0 aliphatic carbocycles. The SMILES string of the molecule is O=C(O)CON(CCN(OCC(=O)O)C(CO)(Cc1ccccc1)C(=O)O)C(CO)(Cc1ccccc1)C(=O)O. The highest BCUT2D eigenvalue weighted by molar-refractivity contribution is 5.80. The van der Waals surface area contributed by atoms with Gasteiger partial charge in [0, 0.05) is 25.9 Å². The van der Waals surface area contributed by atoms with E-state index in [0.29, 0.717) is 21.3 Å². The van der Waals surface area contributed by atoms with E-state index in [2.05, 4.69) is 0 Å². The predicted molar refractivity (Wildman–Crippen MR) is 136 cm³/mol. The van der Waals surface area contributed by atoms with Crippen LogP contribution in [0.4, 0.5) is 0 Å². The molecule has 0 fully saturated rings. The number of carbonyl (C=O) groups is 4. The number of aliphatic hydroxyl groups is 2. The zero-order valence-corrected chi connectivity index (χ0v) is 21.5. The van der Waals surface area contributed by atoms with Gasteiger partial charge in [-0.15, -0.1) is 0 Å². The summed E-state index contributed by atoms with van der Waals surface area (Å²) < 4.78 is 0. The Hall–Kier alpha value is -3.92. The first kappa shape index (κ1) is 32.3. The fourth-order valence-electron chi connectivity index (χ4n) is 4.07. The van der Waals surface area contributed by atoms with Gasteiger partial charge in [-0.1, -0.05) is 60.7 Å². The third kappa shape index (κ3) is 8.29. The number of hydrogen-bond donors (Lipinski definition) is 6. The van der Waals surface area contributed by atoms with Crippen LogP contribution >= 0.6 is 0 Å². The van der Waals surface area contributed by atoms with Crippen LogP contribution in [-0.4, -0.2) is 115 Å². The summed E-state index contributed by atoms with van der Waals surface area (Å²) in [6, 6.07) is 16.3. The molecule has 0 saturated carbocycles. The number of aliphatic hydroxyl groups excluding tert-OH is 2. The molecule has 14 heteroatoms. The van der Waals surface area contributed by atoms with Crippen molar-refractivity contribution >= 4 is 23.9 Å². The summed E-state index contributed by atoms with van der Waals surface area (Å²) in [5, 5.41) is 60.6. The second kappa shape index (κ2) is 15.0. The predicted octanol–water partition coefficient (Wildman–Crippen LogP) is -0.260. The molecule has 0 spiro atoms. The Labute approximate surface area is 229 Å². The van der Waals surface area contributed by atoms with Gasteiger partial charge >= 0.3 is 23.9 Å². The van der Waals surface area contributed by atoms with Crippen LogP contribution in [0.25, 0.3) is 0 Å². The molecule has 0 radical (unpaired) electrons. The van der Waals surface area contributed by atoms with Crippen molar-refractivity contribution in [3.63, 3.8) is 0 Å². The molecule has 40 heavy (non-hydrogen) atoms. The second-order valence-corrected chi connectivity index (χ2v) is 8.85. The number of hydroxylamine groups is 4. The van der Waals surface area contributed by atoms with Crippen molar-refractivity contribution in [2.24, 2.45) is 0 Å². The van der Waals surface area contributed by atoms with Crippen molar-refractivity contribution < 1.29 is 59.5 Å². The van der Waals surface area contributed by atoms with Gasteiger partial charge < -0.3 is 30.6 Å². The number of benzene rings is 2. The molecule has 2 aromatic carbocycles. The van der Waals surface area contributed by atoms with Gasteiger partial charge in [0.1, 0.15) is 0 Å². The van der Waals surface area contributed by atoms with Gasteiger partial charge in [0.15, 0.2) is 24.3 Å². The number of hydrogen-bond acceptors (Lipinski definition) is 10. The minimum atomic E-state index is -2.24. The quantitative estimate of drug-likeness (QED) is 0.121. The maximum absolute atomic E-state index is 12.5. The molecule has 218 valence electrons. The van der Waals surface area contributed by atoms with E-state index in [9.17, 15) is 49.8 Å². The summed E-state index contributed by atoms with van der Waals surface area (Å²) in [6.45, 7) is -5.27. The lowest BCUT2D eigenvalue weighted by atomic mass is 9.90. The Bertz CT molecular complexity index is 1040. The Morgan fingerprint density at radius 2 is 0.925 bits per heavy atom. The molecule has 0 aliphatic heterocycles. The molecule has 0 heterocycles. The third-order valence-electron chi connectivity index (χ3n) is 6.15. The van der Waals surface area contributed by atoms with Crippen LogP contribution in [0, 0.1) is 0 Å². The molecule has 2 atom stereocenters. The van der Waals surface area contributed by atoms with Crippen LogP contribution in [0.15, 0.2) is 60.7 Å². The zero-order chi connectivity index (χ0) is 29.8. The van der Waals surface area contributed by atoms with Gasteiger partial charge in [0.2, 0.25) is 0 Å². The normalized spacial score (nSPS) is 14.4. The van der Waals surface area contributed by atoms with Gasteiger partial charge in [-0.05, 0) is 11.1 Å². The van der Waals surface area contributed by atoms with Crippen LogP contribution in [0.3, 0.4) is 0 Å². The lowest BCUT2D eigenvalue weighted by Crippen LogP contribution is -2.63. The van der Waals surface area contributed by atoms with Crippen LogP contribution in [0.5, 0.6) is 0 Å². The van der Waals surface area contributed by atoms with E-state index in [1.807, 2.05) is 0 Å². The van der Waals surface area contributed by atoms with Crippen molar-refractivity contribution in [1.82, 2.24) is 10.1 Å². The first-order valence-electron chi connectivity index (χ1n) is 12.0. The van der Waals surface area contributed by atoms with Gasteiger partial charge in [0.05, 0.1) is 13.2 Å². The van der Waals surface area contributed by atoms with E-state index in [4.69, 9.17) is 9.68 Å². The monoisotopic (exact) mass is 564 g/mol. The Morgan fingerprint density at radius 3 is 1.18 bits per heavy atom. The smallest absolute Gasteiger partial charge is 0.331 e. The van der Waals surface area contributed by atoms with Crippen molar-refractivity contribution in [1.29, 1.82) is 0 Å². The summed E-state index contributed by atoms with van der Waals surface area (Å²) in [5.74, 6) is -6.06. The van der Waals surface area contributed by atoms with E-state index in [0.717, 1.165) is 0 Å². The molecule has 0 bridgehead atoms. The molecule has 2 unspecified atom stereocenters. The van der Waals surface area contributed by atoms with Crippen LogP contribution in [0.2, 0.25) is 0 Å². The van der Waals surface area contributed by atoms with Crippen molar-refractivity contribution in [3.05, 3.63) is 71.8 Å². The standard InChI is InChI=1S/C26H32N2O12/c29-17-25(23(35)36,13-19-7-3-1-4-8-19)27(39-15-21(31)32)11-12-28(40-16-22(33)34)26(18-30,24(37)38)14-20-9-5-2-6-10-20/h1-10,29-30H,11-18H2,(H,31,32)(H,33,34)(H,35,36)(H,37,38). The number of carboxylic acid groups (broad SMARTS) is 4.